The van der Waals surface area contributed by atoms with Crippen molar-refractivity contribution in [2.45, 2.75) is 57.5 Å². The van der Waals surface area contributed by atoms with Crippen LogP contribution < -0.4 is 15.6 Å². The molecule has 0 aliphatic carbocycles. The number of nitriles is 1. The molecule has 0 spiro atoms. The van der Waals surface area contributed by atoms with E-state index in [0.29, 0.717) is 42.9 Å². The third kappa shape index (κ3) is 4.80. The number of benzene rings is 1. The molecule has 0 saturated carbocycles. The second-order valence-electron chi connectivity index (χ2n) is 9.96. The van der Waals surface area contributed by atoms with Gasteiger partial charge in [-0.1, -0.05) is 18.2 Å². The van der Waals surface area contributed by atoms with Crippen molar-refractivity contribution in [3.8, 4) is 11.9 Å². The number of aromatic nitrogens is 3. The van der Waals surface area contributed by atoms with Crippen molar-refractivity contribution < 1.29 is 17.9 Å². The lowest BCUT2D eigenvalue weighted by atomic mass is 9.73. The molecule has 11 heteroatoms. The lowest BCUT2D eigenvalue weighted by Gasteiger charge is -2.39. The molecule has 2 aromatic heterocycles. The number of rotatable bonds is 7. The lowest BCUT2D eigenvalue weighted by Crippen LogP contribution is -2.45. The van der Waals surface area contributed by atoms with Gasteiger partial charge in [-0.2, -0.15) is 10.4 Å². The van der Waals surface area contributed by atoms with Crippen molar-refractivity contribution >= 4 is 16.7 Å². The van der Waals surface area contributed by atoms with Crippen molar-refractivity contribution in [3.63, 3.8) is 0 Å². The third-order valence-electron chi connectivity index (χ3n) is 7.41. The van der Waals surface area contributed by atoms with Gasteiger partial charge in [0.1, 0.15) is 11.3 Å². The summed E-state index contributed by atoms with van der Waals surface area (Å²) in [6.45, 7) is 7.25. The number of nitrogens with zero attached hydrogens (tertiary/aromatic N) is 5. The molecule has 1 aromatic carbocycles. The number of fused-ring (bicyclic) bond motifs is 1. The summed E-state index contributed by atoms with van der Waals surface area (Å²) in [5.74, 6) is -0.604. The predicted molar refractivity (Wildman–Crippen MR) is 138 cm³/mol. The van der Waals surface area contributed by atoms with Gasteiger partial charge in [0.25, 0.3) is 12.0 Å². The first-order valence-corrected chi connectivity index (χ1v) is 12.5. The molecule has 0 amide bonds. The van der Waals surface area contributed by atoms with Crippen molar-refractivity contribution in [1.82, 2.24) is 19.7 Å². The molecular formula is C27H31F3N6O2. The Labute approximate surface area is 219 Å². The Balaban J connectivity index is 1.84. The highest BCUT2D eigenvalue weighted by molar-refractivity contribution is 5.90. The van der Waals surface area contributed by atoms with E-state index in [1.165, 1.54) is 26.3 Å². The molecule has 4 rings (SSSR count). The first kappa shape index (κ1) is 27.4. The number of aryl methyl sites for hydroxylation is 1. The highest BCUT2D eigenvalue weighted by atomic mass is 19.3. The van der Waals surface area contributed by atoms with Crippen molar-refractivity contribution in [2.24, 2.45) is 7.05 Å². The van der Waals surface area contributed by atoms with Crippen LogP contribution in [0.15, 0.2) is 29.1 Å². The number of halogens is 3. The Morgan fingerprint density at radius 1 is 1.18 bits per heavy atom. The quantitative estimate of drug-likeness (QED) is 0.468. The number of methoxy groups -OCH3 is 1. The fraction of sp³-hybridized carbons (Fsp3) is 0.481. The normalized spacial score (nSPS) is 16.6. The van der Waals surface area contributed by atoms with Crippen LogP contribution in [0.2, 0.25) is 0 Å². The molecule has 1 saturated heterocycles. The number of hydrogen-bond acceptors (Lipinski definition) is 7. The van der Waals surface area contributed by atoms with Crippen molar-refractivity contribution in [2.75, 3.05) is 25.5 Å². The maximum absolute atomic E-state index is 14.9. The summed E-state index contributed by atoms with van der Waals surface area (Å²) >= 11 is 0. The minimum absolute atomic E-state index is 0.0304. The number of nitrogens with one attached hydrogen (secondary N) is 1. The summed E-state index contributed by atoms with van der Waals surface area (Å²) in [4.78, 5) is 19.8. The summed E-state index contributed by atoms with van der Waals surface area (Å²) in [7, 11) is 2.90. The fourth-order valence-corrected chi connectivity index (χ4v) is 5.07. The Morgan fingerprint density at radius 2 is 1.84 bits per heavy atom. The van der Waals surface area contributed by atoms with E-state index in [0.717, 1.165) is 10.7 Å². The van der Waals surface area contributed by atoms with E-state index in [-0.39, 0.29) is 22.8 Å². The number of ether oxygens (including phenoxy) is 1. The molecule has 1 aliphatic rings. The van der Waals surface area contributed by atoms with Crippen molar-refractivity contribution in [3.05, 3.63) is 57.1 Å². The first-order chi connectivity index (χ1) is 18.0. The molecule has 1 aliphatic heterocycles. The van der Waals surface area contributed by atoms with Gasteiger partial charge in [-0.25, -0.2) is 22.8 Å². The number of alkyl halides is 2. The van der Waals surface area contributed by atoms with Gasteiger partial charge in [0.05, 0.1) is 35.6 Å². The van der Waals surface area contributed by atoms with Crippen LogP contribution in [0.5, 0.6) is 5.88 Å². The molecule has 1 atom stereocenters. The van der Waals surface area contributed by atoms with E-state index >= 15 is 0 Å². The predicted octanol–water partition coefficient (Wildman–Crippen LogP) is 4.85. The minimum atomic E-state index is -2.96. The van der Waals surface area contributed by atoms with E-state index in [1.807, 2.05) is 0 Å². The van der Waals surface area contributed by atoms with Gasteiger partial charge >= 0.3 is 0 Å². The molecule has 8 nitrogen and oxygen atoms in total. The first-order valence-electron chi connectivity index (χ1n) is 12.5. The van der Waals surface area contributed by atoms with Crippen LogP contribution >= 0.6 is 0 Å². The zero-order valence-corrected chi connectivity index (χ0v) is 22.1. The Kier molecular flexibility index (Phi) is 7.65. The molecule has 1 N–H and O–H groups in total. The van der Waals surface area contributed by atoms with Gasteiger partial charge in [0.15, 0.2) is 5.82 Å². The second-order valence-corrected chi connectivity index (χ2v) is 9.96. The van der Waals surface area contributed by atoms with Crippen LogP contribution in [0.4, 0.5) is 19.0 Å². The number of piperidine rings is 1. The van der Waals surface area contributed by atoms with Crippen molar-refractivity contribution in [1.29, 1.82) is 5.26 Å². The highest BCUT2D eigenvalue weighted by Crippen LogP contribution is 2.41. The largest absolute Gasteiger partial charge is 0.481 e. The molecule has 3 heterocycles. The van der Waals surface area contributed by atoms with Gasteiger partial charge in [0, 0.05) is 37.3 Å². The Hall–Kier alpha value is -3.65. The van der Waals surface area contributed by atoms with Crippen LogP contribution in [0, 0.1) is 17.1 Å². The third-order valence-corrected chi connectivity index (χ3v) is 7.41. The molecule has 0 bridgehead atoms. The SMILES string of the molecule is COc1nc2c(=O)n(C)nc(N[C@H](C)c3cccc(C(F)F)c3F)c2cc1C1(C#N)CCN(C(C)C)CC1. The van der Waals surface area contributed by atoms with Crippen LogP contribution in [0.25, 0.3) is 10.9 Å². The average Bonchev–Trinajstić information content (AvgIpc) is 2.90. The van der Waals surface area contributed by atoms with E-state index in [4.69, 9.17) is 4.74 Å². The van der Waals surface area contributed by atoms with E-state index in [9.17, 15) is 23.2 Å². The van der Waals surface area contributed by atoms with E-state index in [2.05, 4.69) is 40.2 Å². The van der Waals surface area contributed by atoms with Crippen LogP contribution in [0.1, 0.15) is 62.8 Å². The second kappa shape index (κ2) is 10.6. The van der Waals surface area contributed by atoms with Crippen LogP contribution in [-0.2, 0) is 12.5 Å². The van der Waals surface area contributed by atoms with Crippen LogP contribution in [-0.4, -0.2) is 45.9 Å². The van der Waals surface area contributed by atoms with Crippen LogP contribution in [0.3, 0.4) is 0 Å². The number of pyridine rings is 1. The average molecular weight is 529 g/mol. The summed E-state index contributed by atoms with van der Waals surface area (Å²) in [6.07, 6.45) is -1.86. The topological polar surface area (TPSA) is 96.1 Å². The molecule has 1 fully saturated rings. The summed E-state index contributed by atoms with van der Waals surface area (Å²) < 4.78 is 48.1. The van der Waals surface area contributed by atoms with Gasteiger partial charge in [-0.05, 0) is 39.7 Å². The molecule has 202 valence electrons. The number of hydrogen-bond donors (Lipinski definition) is 1. The number of likely N-dealkylation sites (tertiary alicyclic amines) is 1. The molecule has 0 unspecified atom stereocenters. The lowest BCUT2D eigenvalue weighted by molar-refractivity contribution is 0.146. The smallest absolute Gasteiger partial charge is 0.293 e. The molecular weight excluding hydrogens is 497 g/mol. The van der Waals surface area contributed by atoms with Gasteiger partial charge in [-0.15, -0.1) is 0 Å². The molecule has 3 aromatic rings. The molecule has 38 heavy (non-hydrogen) atoms. The standard InChI is InChI=1S/C27H31F3N6O2/c1-15(2)36-11-9-27(14-31,10-12-36)20-13-19-22(33-25(20)38-5)26(37)35(4)34-24(19)32-16(3)17-7-6-8-18(21(17)28)23(29)30/h6-8,13,15-16,23H,9-12H2,1-5H3,(H,32,34)/t16-/m1/s1. The highest BCUT2D eigenvalue weighted by Gasteiger charge is 2.40. The monoisotopic (exact) mass is 528 g/mol. The summed E-state index contributed by atoms with van der Waals surface area (Å²) in [6, 6.07) is 7.59. The molecule has 0 radical (unpaired) electrons. The number of anilines is 1. The summed E-state index contributed by atoms with van der Waals surface area (Å²) in [5, 5.41) is 18.1. The minimum Gasteiger partial charge on any atom is -0.481 e. The fourth-order valence-electron chi connectivity index (χ4n) is 5.07. The van der Waals surface area contributed by atoms with Gasteiger partial charge in [0.2, 0.25) is 5.88 Å². The zero-order chi connectivity index (χ0) is 27.8. The van der Waals surface area contributed by atoms with E-state index < -0.39 is 34.8 Å². The Bertz CT molecular complexity index is 1440. The Morgan fingerprint density at radius 3 is 2.42 bits per heavy atom. The zero-order valence-electron chi connectivity index (χ0n) is 22.1. The summed E-state index contributed by atoms with van der Waals surface area (Å²) in [5.41, 5.74) is -1.41. The maximum atomic E-state index is 14.9. The van der Waals surface area contributed by atoms with Gasteiger partial charge < -0.3 is 15.0 Å². The van der Waals surface area contributed by atoms with Gasteiger partial charge in [-0.3, -0.25) is 4.79 Å². The van der Waals surface area contributed by atoms with E-state index in [1.54, 1.807) is 13.0 Å². The maximum Gasteiger partial charge on any atom is 0.293 e.